The van der Waals surface area contributed by atoms with Gasteiger partial charge in [-0.3, -0.25) is 4.79 Å². The summed E-state index contributed by atoms with van der Waals surface area (Å²) in [6.45, 7) is 0.600. The molecular weight excluding hydrogens is 290 g/mol. The van der Waals surface area contributed by atoms with Crippen LogP contribution in [0.15, 0.2) is 54.7 Å². The first-order valence-electron chi connectivity index (χ1n) is 7.42. The van der Waals surface area contributed by atoms with E-state index in [4.69, 9.17) is 9.47 Å². The summed E-state index contributed by atoms with van der Waals surface area (Å²) in [7, 11) is 3.22. The Hall–Kier alpha value is -2.75. The van der Waals surface area contributed by atoms with E-state index in [1.165, 1.54) is 0 Å². The van der Waals surface area contributed by atoms with Crippen LogP contribution in [0.25, 0.3) is 6.08 Å². The first kappa shape index (κ1) is 16.6. The summed E-state index contributed by atoms with van der Waals surface area (Å²) in [5.74, 6) is 1.40. The van der Waals surface area contributed by atoms with E-state index in [9.17, 15) is 4.79 Å². The van der Waals surface area contributed by atoms with Crippen LogP contribution in [0.2, 0.25) is 0 Å². The van der Waals surface area contributed by atoms with Gasteiger partial charge in [-0.2, -0.15) is 0 Å². The molecule has 4 nitrogen and oxygen atoms in total. The van der Waals surface area contributed by atoms with Gasteiger partial charge < -0.3 is 14.4 Å². The number of methoxy groups -OCH3 is 2. The molecule has 0 aliphatic heterocycles. The molecule has 2 rings (SSSR count). The molecule has 0 fully saturated rings. The van der Waals surface area contributed by atoms with Gasteiger partial charge in [-0.05, 0) is 35.8 Å². The molecule has 4 heteroatoms. The van der Waals surface area contributed by atoms with Crippen LogP contribution in [0.3, 0.4) is 0 Å². The number of amides is 1. The zero-order valence-corrected chi connectivity index (χ0v) is 13.4. The summed E-state index contributed by atoms with van der Waals surface area (Å²) in [5.41, 5.74) is 2.15. The number of nitrogens with zero attached hydrogens (tertiary/aromatic N) is 1. The highest BCUT2D eigenvalue weighted by Crippen LogP contribution is 2.27. The van der Waals surface area contributed by atoms with Crippen molar-refractivity contribution in [1.82, 2.24) is 4.90 Å². The van der Waals surface area contributed by atoms with E-state index >= 15 is 0 Å². The largest absolute Gasteiger partial charge is 0.493 e. The standard InChI is InChI=1S/C19H21NO3/c1-22-18-9-8-17(14-19(18)23-2)11-13-20(15-21)12-10-16-6-4-3-5-7-16/h3-10,12,14-15H,11,13H2,1-2H3/b12-10+. The van der Waals surface area contributed by atoms with E-state index < -0.39 is 0 Å². The molecule has 0 N–H and O–H groups in total. The maximum absolute atomic E-state index is 11.2. The number of carbonyl (C=O) groups is 1. The van der Waals surface area contributed by atoms with Crippen LogP contribution in [-0.2, 0) is 11.2 Å². The zero-order valence-electron chi connectivity index (χ0n) is 13.4. The number of benzene rings is 2. The first-order valence-corrected chi connectivity index (χ1v) is 7.42. The molecule has 0 bridgehead atoms. The van der Waals surface area contributed by atoms with Crippen LogP contribution >= 0.6 is 0 Å². The summed E-state index contributed by atoms with van der Waals surface area (Å²) < 4.78 is 10.5. The van der Waals surface area contributed by atoms with Crippen LogP contribution in [-0.4, -0.2) is 32.1 Å². The predicted octanol–water partition coefficient (Wildman–Crippen LogP) is 3.38. The van der Waals surface area contributed by atoms with E-state index in [0.29, 0.717) is 18.0 Å². The Labute approximate surface area is 137 Å². The van der Waals surface area contributed by atoms with Crippen molar-refractivity contribution in [2.24, 2.45) is 0 Å². The van der Waals surface area contributed by atoms with Gasteiger partial charge in [0.05, 0.1) is 14.2 Å². The van der Waals surface area contributed by atoms with E-state index in [0.717, 1.165) is 24.0 Å². The van der Waals surface area contributed by atoms with Gasteiger partial charge in [0.15, 0.2) is 11.5 Å². The van der Waals surface area contributed by atoms with Crippen molar-refractivity contribution in [3.05, 3.63) is 65.9 Å². The molecule has 0 radical (unpaired) electrons. The fraction of sp³-hybridized carbons (Fsp3) is 0.211. The van der Waals surface area contributed by atoms with Crippen LogP contribution in [0, 0.1) is 0 Å². The van der Waals surface area contributed by atoms with Crippen molar-refractivity contribution in [2.45, 2.75) is 6.42 Å². The number of rotatable bonds is 8. The molecule has 120 valence electrons. The van der Waals surface area contributed by atoms with Crippen molar-refractivity contribution >= 4 is 12.5 Å². The summed E-state index contributed by atoms with van der Waals surface area (Å²) >= 11 is 0. The Kier molecular flexibility index (Phi) is 6.24. The first-order chi connectivity index (χ1) is 11.3. The SMILES string of the molecule is COc1ccc(CCN(C=O)/C=C/c2ccccc2)cc1OC. The van der Waals surface area contributed by atoms with Gasteiger partial charge in [0.25, 0.3) is 0 Å². The second kappa shape index (κ2) is 8.63. The molecule has 0 spiro atoms. The predicted molar refractivity (Wildman–Crippen MR) is 91.5 cm³/mol. The molecule has 0 aliphatic rings. The highest BCUT2D eigenvalue weighted by atomic mass is 16.5. The molecule has 2 aromatic carbocycles. The minimum Gasteiger partial charge on any atom is -0.493 e. The molecule has 0 aliphatic carbocycles. The quantitative estimate of drug-likeness (QED) is 0.702. The van der Waals surface area contributed by atoms with Crippen LogP contribution in [0.1, 0.15) is 11.1 Å². The lowest BCUT2D eigenvalue weighted by molar-refractivity contribution is -0.115. The molecule has 0 heterocycles. The molecular formula is C19H21NO3. The van der Waals surface area contributed by atoms with Crippen LogP contribution in [0.4, 0.5) is 0 Å². The molecule has 0 aromatic heterocycles. The average Bonchev–Trinajstić information content (AvgIpc) is 2.62. The van der Waals surface area contributed by atoms with Gasteiger partial charge in [0.1, 0.15) is 0 Å². The Bertz CT molecular complexity index is 653. The fourth-order valence-electron chi connectivity index (χ4n) is 2.20. The molecule has 0 saturated heterocycles. The van der Waals surface area contributed by atoms with Gasteiger partial charge in [-0.15, -0.1) is 0 Å². The lowest BCUT2D eigenvalue weighted by atomic mass is 10.1. The number of carbonyl (C=O) groups excluding carboxylic acids is 1. The topological polar surface area (TPSA) is 38.8 Å². The molecule has 1 amide bonds. The summed E-state index contributed by atoms with van der Waals surface area (Å²) in [6, 6.07) is 15.7. The van der Waals surface area contributed by atoms with Crippen molar-refractivity contribution in [1.29, 1.82) is 0 Å². The minimum absolute atomic E-state index is 0.600. The summed E-state index contributed by atoms with van der Waals surface area (Å²) in [4.78, 5) is 12.8. The summed E-state index contributed by atoms with van der Waals surface area (Å²) in [6.07, 6.45) is 5.28. The average molecular weight is 311 g/mol. The molecule has 0 unspecified atom stereocenters. The number of hydrogen-bond acceptors (Lipinski definition) is 3. The Morgan fingerprint density at radius 3 is 2.39 bits per heavy atom. The van der Waals surface area contributed by atoms with E-state index in [2.05, 4.69) is 0 Å². The minimum atomic E-state index is 0.600. The number of ether oxygens (including phenoxy) is 2. The second-order valence-electron chi connectivity index (χ2n) is 5.01. The fourth-order valence-corrected chi connectivity index (χ4v) is 2.20. The number of hydrogen-bond donors (Lipinski definition) is 0. The van der Waals surface area contributed by atoms with Gasteiger partial charge in [-0.25, -0.2) is 0 Å². The highest BCUT2D eigenvalue weighted by molar-refractivity contribution is 5.55. The Morgan fingerprint density at radius 2 is 1.74 bits per heavy atom. The highest BCUT2D eigenvalue weighted by Gasteiger charge is 2.05. The third kappa shape index (κ3) is 4.88. The van der Waals surface area contributed by atoms with Crippen LogP contribution in [0.5, 0.6) is 11.5 Å². The summed E-state index contributed by atoms with van der Waals surface area (Å²) in [5, 5.41) is 0. The lowest BCUT2D eigenvalue weighted by Gasteiger charge is -2.13. The van der Waals surface area contributed by atoms with E-state index in [1.807, 2.05) is 54.6 Å². The molecule has 23 heavy (non-hydrogen) atoms. The normalized spacial score (nSPS) is 10.5. The third-order valence-electron chi connectivity index (χ3n) is 3.50. The van der Waals surface area contributed by atoms with Gasteiger partial charge in [-0.1, -0.05) is 36.4 Å². The molecule has 0 saturated carbocycles. The van der Waals surface area contributed by atoms with Crippen LogP contribution < -0.4 is 9.47 Å². The zero-order chi connectivity index (χ0) is 16.5. The maximum atomic E-state index is 11.2. The van der Waals surface area contributed by atoms with Gasteiger partial charge in [0, 0.05) is 12.7 Å². The second-order valence-corrected chi connectivity index (χ2v) is 5.01. The van der Waals surface area contributed by atoms with E-state index in [1.54, 1.807) is 25.3 Å². The van der Waals surface area contributed by atoms with Gasteiger partial charge in [0.2, 0.25) is 6.41 Å². The van der Waals surface area contributed by atoms with Crippen molar-refractivity contribution in [2.75, 3.05) is 20.8 Å². The smallest absolute Gasteiger partial charge is 0.213 e. The molecule has 0 atom stereocenters. The maximum Gasteiger partial charge on any atom is 0.213 e. The van der Waals surface area contributed by atoms with Gasteiger partial charge >= 0.3 is 0 Å². The van der Waals surface area contributed by atoms with Crippen molar-refractivity contribution in [3.63, 3.8) is 0 Å². The third-order valence-corrected chi connectivity index (χ3v) is 3.50. The van der Waals surface area contributed by atoms with E-state index in [-0.39, 0.29) is 0 Å². The lowest BCUT2D eigenvalue weighted by Crippen LogP contribution is -2.18. The Morgan fingerprint density at radius 1 is 1.00 bits per heavy atom. The van der Waals surface area contributed by atoms with Crippen molar-refractivity contribution < 1.29 is 14.3 Å². The Balaban J connectivity index is 1.98. The molecule has 2 aromatic rings. The monoisotopic (exact) mass is 311 g/mol. The van der Waals surface area contributed by atoms with Crippen molar-refractivity contribution in [3.8, 4) is 11.5 Å².